The first-order chi connectivity index (χ1) is 8.49. The van der Waals surface area contributed by atoms with Gasteiger partial charge < -0.3 is 20.3 Å². The van der Waals surface area contributed by atoms with Crippen LogP contribution in [0.1, 0.15) is 24.4 Å². The van der Waals surface area contributed by atoms with Crippen LogP contribution in [-0.4, -0.2) is 25.3 Å². The van der Waals surface area contributed by atoms with E-state index in [1.807, 2.05) is 0 Å². The number of hydrogen-bond acceptors (Lipinski definition) is 4. The third kappa shape index (κ3) is 3.33. The molecule has 1 atom stereocenters. The van der Waals surface area contributed by atoms with Gasteiger partial charge in [-0.25, -0.2) is 4.39 Å². The predicted octanol–water partition coefficient (Wildman–Crippen LogP) is 1.71. The summed E-state index contributed by atoms with van der Waals surface area (Å²) >= 11 is 0. The molecule has 3 N–H and O–H groups in total. The minimum absolute atomic E-state index is 0.129. The Bertz CT molecular complexity index is 436. The topological polar surface area (TPSA) is 81.8 Å². The third-order valence-electron chi connectivity index (χ3n) is 2.56. The van der Waals surface area contributed by atoms with Gasteiger partial charge >= 0.3 is 5.97 Å². The molecule has 0 aliphatic rings. The molecule has 1 unspecified atom stereocenters. The maximum atomic E-state index is 13.9. The highest BCUT2D eigenvalue weighted by Crippen LogP contribution is 2.33. The van der Waals surface area contributed by atoms with Crippen molar-refractivity contribution in [2.75, 3.05) is 14.2 Å². The highest BCUT2D eigenvalue weighted by Gasteiger charge is 2.19. The van der Waals surface area contributed by atoms with E-state index in [2.05, 4.69) is 0 Å². The van der Waals surface area contributed by atoms with Gasteiger partial charge in [0, 0.05) is 30.2 Å². The minimum Gasteiger partial charge on any atom is -0.497 e. The van der Waals surface area contributed by atoms with Crippen LogP contribution in [0.5, 0.6) is 11.5 Å². The first-order valence-corrected chi connectivity index (χ1v) is 5.38. The van der Waals surface area contributed by atoms with Gasteiger partial charge in [-0.05, 0) is 6.42 Å². The number of carboxylic acid groups (broad SMARTS) is 1. The molecule has 0 amide bonds. The monoisotopic (exact) mass is 257 g/mol. The van der Waals surface area contributed by atoms with E-state index in [1.54, 1.807) is 0 Å². The normalized spacial score (nSPS) is 12.0. The van der Waals surface area contributed by atoms with Crippen LogP contribution in [0.4, 0.5) is 4.39 Å². The molecule has 1 aromatic rings. The van der Waals surface area contributed by atoms with Gasteiger partial charge in [-0.1, -0.05) is 0 Å². The maximum absolute atomic E-state index is 13.9. The van der Waals surface area contributed by atoms with E-state index >= 15 is 0 Å². The van der Waals surface area contributed by atoms with Gasteiger partial charge in [-0.2, -0.15) is 0 Å². The van der Waals surface area contributed by atoms with Crippen molar-refractivity contribution in [1.29, 1.82) is 0 Å². The summed E-state index contributed by atoms with van der Waals surface area (Å²) in [6.07, 6.45) is 0.00469. The van der Waals surface area contributed by atoms with Gasteiger partial charge in [-0.15, -0.1) is 0 Å². The number of rotatable bonds is 6. The first-order valence-electron chi connectivity index (χ1n) is 5.38. The number of hydrogen-bond donors (Lipinski definition) is 2. The molecule has 0 aliphatic carbocycles. The van der Waals surface area contributed by atoms with Crippen LogP contribution in [0.2, 0.25) is 0 Å². The van der Waals surface area contributed by atoms with E-state index in [9.17, 15) is 9.18 Å². The van der Waals surface area contributed by atoms with Crippen molar-refractivity contribution < 1.29 is 23.8 Å². The Kier molecular flexibility index (Phi) is 4.91. The summed E-state index contributed by atoms with van der Waals surface area (Å²) in [5, 5.41) is 8.59. The smallest absolute Gasteiger partial charge is 0.303 e. The van der Waals surface area contributed by atoms with E-state index in [0.717, 1.165) is 0 Å². The second-order valence-corrected chi connectivity index (χ2v) is 3.76. The van der Waals surface area contributed by atoms with Crippen LogP contribution in [0.25, 0.3) is 0 Å². The quantitative estimate of drug-likeness (QED) is 0.810. The van der Waals surface area contributed by atoms with Crippen LogP contribution in [0, 0.1) is 5.82 Å². The molecule has 0 saturated carbocycles. The van der Waals surface area contributed by atoms with Gasteiger partial charge in [0.1, 0.15) is 17.3 Å². The van der Waals surface area contributed by atoms with E-state index in [-0.39, 0.29) is 24.2 Å². The van der Waals surface area contributed by atoms with E-state index in [4.69, 9.17) is 20.3 Å². The Labute approximate surface area is 104 Å². The Morgan fingerprint density at radius 2 is 2.11 bits per heavy atom. The second kappa shape index (κ2) is 6.20. The van der Waals surface area contributed by atoms with E-state index in [0.29, 0.717) is 5.75 Å². The molecular formula is C12H16FNO4. The number of halogens is 1. The van der Waals surface area contributed by atoms with Gasteiger partial charge in [0.2, 0.25) is 0 Å². The molecule has 0 spiro atoms. The lowest BCUT2D eigenvalue weighted by atomic mass is 10.0. The van der Waals surface area contributed by atoms with E-state index < -0.39 is 17.8 Å². The Morgan fingerprint density at radius 1 is 1.44 bits per heavy atom. The van der Waals surface area contributed by atoms with Crippen molar-refractivity contribution in [2.24, 2.45) is 5.73 Å². The van der Waals surface area contributed by atoms with Crippen molar-refractivity contribution >= 4 is 5.97 Å². The zero-order valence-electron chi connectivity index (χ0n) is 10.3. The summed E-state index contributed by atoms with van der Waals surface area (Å²) in [7, 11) is 2.81. The van der Waals surface area contributed by atoms with Crippen LogP contribution in [-0.2, 0) is 4.79 Å². The zero-order valence-corrected chi connectivity index (χ0v) is 10.3. The molecule has 0 heterocycles. The van der Waals surface area contributed by atoms with Gasteiger partial charge in [0.05, 0.1) is 14.2 Å². The molecular weight excluding hydrogens is 241 g/mol. The lowest BCUT2D eigenvalue weighted by Crippen LogP contribution is -2.15. The van der Waals surface area contributed by atoms with Gasteiger partial charge in [0.25, 0.3) is 0 Å². The maximum Gasteiger partial charge on any atom is 0.303 e. The fraction of sp³-hybridized carbons (Fsp3) is 0.417. The van der Waals surface area contributed by atoms with Crippen molar-refractivity contribution in [2.45, 2.75) is 18.9 Å². The molecule has 0 aliphatic heterocycles. The summed E-state index contributed by atoms with van der Waals surface area (Å²) in [4.78, 5) is 10.5. The Morgan fingerprint density at radius 3 is 2.61 bits per heavy atom. The van der Waals surface area contributed by atoms with Gasteiger partial charge in [-0.3, -0.25) is 4.79 Å². The number of carbonyl (C=O) groups is 1. The molecule has 18 heavy (non-hydrogen) atoms. The first kappa shape index (κ1) is 14.2. The molecule has 6 heteroatoms. The highest BCUT2D eigenvalue weighted by atomic mass is 19.1. The summed E-state index contributed by atoms with van der Waals surface area (Å²) in [6.45, 7) is 0. The fourth-order valence-electron chi connectivity index (χ4n) is 1.64. The molecule has 0 bridgehead atoms. The largest absolute Gasteiger partial charge is 0.497 e. The van der Waals surface area contributed by atoms with Crippen molar-refractivity contribution in [1.82, 2.24) is 0 Å². The standard InChI is InChI=1S/C12H16FNO4/c1-17-7-5-8(13)12(10(6-7)18-2)9(14)3-4-11(15)16/h5-6,9H,3-4,14H2,1-2H3,(H,15,16). The third-order valence-corrected chi connectivity index (χ3v) is 2.56. The summed E-state index contributed by atoms with van der Waals surface area (Å²) in [5.41, 5.74) is 5.95. The Hall–Kier alpha value is -1.82. The Balaban J connectivity index is 3.02. The van der Waals surface area contributed by atoms with Crippen LogP contribution in [0.15, 0.2) is 12.1 Å². The number of carboxylic acids is 1. The lowest BCUT2D eigenvalue weighted by Gasteiger charge is -2.17. The van der Waals surface area contributed by atoms with Crippen LogP contribution < -0.4 is 15.2 Å². The number of nitrogens with two attached hydrogens (primary N) is 1. The fourth-order valence-corrected chi connectivity index (χ4v) is 1.64. The molecule has 5 nitrogen and oxygen atoms in total. The summed E-state index contributed by atoms with van der Waals surface area (Å²) in [5.74, 6) is -0.967. The molecule has 0 aromatic heterocycles. The average molecular weight is 257 g/mol. The number of ether oxygens (including phenoxy) is 2. The van der Waals surface area contributed by atoms with Crippen LogP contribution >= 0.6 is 0 Å². The van der Waals surface area contributed by atoms with E-state index in [1.165, 1.54) is 26.4 Å². The molecule has 0 saturated heterocycles. The molecule has 0 fully saturated rings. The number of methoxy groups -OCH3 is 2. The molecule has 1 aromatic carbocycles. The van der Waals surface area contributed by atoms with Gasteiger partial charge in [0.15, 0.2) is 0 Å². The molecule has 100 valence electrons. The minimum atomic E-state index is -0.974. The SMILES string of the molecule is COc1cc(F)c(C(N)CCC(=O)O)c(OC)c1. The van der Waals surface area contributed by atoms with Crippen molar-refractivity contribution in [3.63, 3.8) is 0 Å². The zero-order chi connectivity index (χ0) is 13.7. The second-order valence-electron chi connectivity index (χ2n) is 3.76. The predicted molar refractivity (Wildman–Crippen MR) is 63.3 cm³/mol. The van der Waals surface area contributed by atoms with Crippen LogP contribution in [0.3, 0.4) is 0 Å². The average Bonchev–Trinajstić information content (AvgIpc) is 2.34. The molecule has 1 rings (SSSR count). The number of benzene rings is 1. The molecule has 0 radical (unpaired) electrons. The summed E-state index contributed by atoms with van der Waals surface area (Å²) in [6, 6.07) is 1.97. The highest BCUT2D eigenvalue weighted by molar-refractivity contribution is 5.66. The number of aliphatic carboxylic acids is 1. The lowest BCUT2D eigenvalue weighted by molar-refractivity contribution is -0.137. The van der Waals surface area contributed by atoms with Crippen molar-refractivity contribution in [3.8, 4) is 11.5 Å². The van der Waals surface area contributed by atoms with Crippen molar-refractivity contribution in [3.05, 3.63) is 23.5 Å². The summed E-state index contributed by atoms with van der Waals surface area (Å²) < 4.78 is 23.8.